The molecule has 0 fully saturated rings. The third-order valence-electron chi connectivity index (χ3n) is 1.69. The number of rotatable bonds is 2. The fourth-order valence-electron chi connectivity index (χ4n) is 1.03. The maximum Gasteiger partial charge on any atom is 2.00 e. The molecule has 0 spiro atoms. The molecule has 0 amide bonds. The summed E-state index contributed by atoms with van der Waals surface area (Å²) in [5.74, 6) is -3.11. The summed E-state index contributed by atoms with van der Waals surface area (Å²) in [6.45, 7) is 0. The van der Waals surface area contributed by atoms with E-state index in [9.17, 15) is 9.59 Å². The van der Waals surface area contributed by atoms with Crippen LogP contribution in [0.1, 0.15) is 20.7 Å². The zero-order valence-corrected chi connectivity index (χ0v) is 13.9. The third-order valence-corrected chi connectivity index (χ3v) is 3.50. The average Bonchev–Trinajstić information content (AvgIpc) is 2.18. The summed E-state index contributed by atoms with van der Waals surface area (Å²) in [5.41, 5.74) is -1.37. The van der Waals surface area contributed by atoms with E-state index in [0.717, 1.165) is 0 Å². The first kappa shape index (κ1) is 16.9. The zero-order chi connectivity index (χ0) is 12.6. The van der Waals surface area contributed by atoms with Gasteiger partial charge in [-0.25, -0.2) is 9.59 Å². The van der Waals surface area contributed by atoms with Gasteiger partial charge in [-0.1, -0.05) is 46.4 Å². The molecule has 0 unspecified atom stereocenters. The van der Waals surface area contributed by atoms with Gasteiger partial charge in [0.2, 0.25) is 0 Å². The van der Waals surface area contributed by atoms with Crippen molar-refractivity contribution in [3.63, 3.8) is 0 Å². The van der Waals surface area contributed by atoms with Crippen LogP contribution in [0.15, 0.2) is 0 Å². The van der Waals surface area contributed by atoms with E-state index < -0.39 is 33.1 Å². The van der Waals surface area contributed by atoms with Gasteiger partial charge in [-0.3, -0.25) is 0 Å². The Balaban J connectivity index is 0.00000256. The van der Waals surface area contributed by atoms with Gasteiger partial charge in [-0.15, -0.1) is 0 Å². The van der Waals surface area contributed by atoms with E-state index in [1.165, 1.54) is 0 Å². The van der Waals surface area contributed by atoms with Crippen molar-refractivity contribution >= 4 is 58.3 Å². The Hall–Kier alpha value is -0.0566. The molecule has 1 rings (SSSR count). The van der Waals surface area contributed by atoms with Gasteiger partial charge in [0, 0.05) is 0 Å². The van der Waals surface area contributed by atoms with Gasteiger partial charge in [0.05, 0.1) is 31.2 Å². The van der Waals surface area contributed by atoms with Crippen molar-refractivity contribution in [3.8, 4) is 0 Å². The van der Waals surface area contributed by atoms with Gasteiger partial charge in [-0.05, 0) is 0 Å². The number of hydrogen-bond donors (Lipinski definition) is 2. The molecule has 0 aliphatic carbocycles. The largest absolute Gasteiger partial charge is 2.00 e. The minimum absolute atomic E-state index is 0. The monoisotopic (exact) mass is 366 g/mol. The summed E-state index contributed by atoms with van der Waals surface area (Å²) in [5, 5.41) is 16.1. The third kappa shape index (κ3) is 3.04. The van der Waals surface area contributed by atoms with Crippen molar-refractivity contribution < 1.29 is 39.3 Å². The number of carboxylic acids is 2. The normalized spacial score (nSPS) is 9.65. The van der Waals surface area contributed by atoms with E-state index in [-0.39, 0.29) is 29.5 Å². The van der Waals surface area contributed by atoms with Crippen LogP contribution in [0.3, 0.4) is 0 Å². The molecule has 2 N–H and O–H groups in total. The van der Waals surface area contributed by atoms with Crippen LogP contribution in [0, 0.1) is 0 Å². The van der Waals surface area contributed by atoms with Crippen molar-refractivity contribution in [1.29, 1.82) is 0 Å². The van der Waals surface area contributed by atoms with Gasteiger partial charge in [0.1, 0.15) is 0 Å². The van der Waals surface area contributed by atoms with Crippen LogP contribution in [0.5, 0.6) is 0 Å². The first-order valence-corrected chi connectivity index (χ1v) is 5.12. The number of benzene rings is 1. The number of carboxylic acid groups (broad SMARTS) is 2. The van der Waals surface area contributed by atoms with Crippen LogP contribution < -0.4 is 0 Å². The molecule has 0 aromatic heterocycles. The van der Waals surface area contributed by atoms with E-state index in [1.54, 1.807) is 0 Å². The maximum atomic E-state index is 10.9. The number of hydrogen-bond acceptors (Lipinski definition) is 2. The number of carbonyl (C=O) groups is 2. The molecule has 0 heterocycles. The SMILES string of the molecule is O=C(O)c1c(Cl)c(Cl)c(Cl)c(Cl)c1C(=O)O.[Zn+2]. The molecular formula is C8H2Cl4O4Zn+2. The van der Waals surface area contributed by atoms with Gasteiger partial charge < -0.3 is 10.2 Å². The predicted octanol–water partition coefficient (Wildman–Crippen LogP) is 3.69. The molecular weight excluding hydrogens is 367 g/mol. The Morgan fingerprint density at radius 1 is 0.706 bits per heavy atom. The first-order chi connectivity index (χ1) is 7.29. The van der Waals surface area contributed by atoms with Gasteiger partial charge in [-0.2, -0.15) is 0 Å². The molecule has 17 heavy (non-hydrogen) atoms. The van der Waals surface area contributed by atoms with Gasteiger partial charge in [0.15, 0.2) is 0 Å². The molecule has 1 aromatic rings. The molecule has 1 aromatic carbocycles. The Bertz CT molecular complexity index is 458. The second-order valence-corrected chi connectivity index (χ2v) is 4.13. The van der Waals surface area contributed by atoms with Crippen LogP contribution >= 0.6 is 46.4 Å². The Kier molecular flexibility index (Phi) is 6.19. The van der Waals surface area contributed by atoms with Crippen LogP contribution in [0.2, 0.25) is 20.1 Å². The summed E-state index contributed by atoms with van der Waals surface area (Å²) < 4.78 is 0. The summed E-state index contributed by atoms with van der Waals surface area (Å²) >= 11 is 22.4. The Labute approximate surface area is 128 Å². The topological polar surface area (TPSA) is 74.6 Å². The second kappa shape index (κ2) is 6.21. The molecule has 0 aliphatic rings. The summed E-state index contributed by atoms with van der Waals surface area (Å²) in [7, 11) is 0. The van der Waals surface area contributed by atoms with E-state index in [0.29, 0.717) is 0 Å². The molecule has 0 radical (unpaired) electrons. The number of aromatic carboxylic acids is 2. The van der Waals surface area contributed by atoms with Gasteiger partial charge >= 0.3 is 31.4 Å². The van der Waals surface area contributed by atoms with Crippen LogP contribution in [0.4, 0.5) is 0 Å². The van der Waals surface area contributed by atoms with Crippen molar-refractivity contribution in [2.45, 2.75) is 0 Å². The standard InChI is InChI=1S/C8H2Cl4O4.Zn/c9-3-1(7(13)14)2(8(15)16)4(10)6(12)5(3)11;/h(H,13,14)(H,15,16);/q;+2. The molecule has 0 saturated carbocycles. The first-order valence-electron chi connectivity index (χ1n) is 3.61. The quantitative estimate of drug-likeness (QED) is 0.474. The van der Waals surface area contributed by atoms with E-state index in [1.807, 2.05) is 0 Å². The fraction of sp³-hybridized carbons (Fsp3) is 0. The van der Waals surface area contributed by atoms with Crippen molar-refractivity contribution in [1.82, 2.24) is 0 Å². The van der Waals surface area contributed by atoms with E-state index >= 15 is 0 Å². The molecule has 4 nitrogen and oxygen atoms in total. The van der Waals surface area contributed by atoms with Crippen LogP contribution in [-0.2, 0) is 19.5 Å². The molecule has 0 saturated heterocycles. The van der Waals surface area contributed by atoms with Gasteiger partial charge in [0.25, 0.3) is 0 Å². The molecule has 0 bridgehead atoms. The minimum Gasteiger partial charge on any atom is -0.478 e. The molecule has 9 heteroatoms. The summed E-state index contributed by atoms with van der Waals surface area (Å²) in [6, 6.07) is 0. The predicted molar refractivity (Wildman–Crippen MR) is 60.4 cm³/mol. The molecule has 0 atom stereocenters. The minimum atomic E-state index is -1.55. The zero-order valence-electron chi connectivity index (χ0n) is 7.93. The van der Waals surface area contributed by atoms with Crippen molar-refractivity contribution in [2.75, 3.05) is 0 Å². The van der Waals surface area contributed by atoms with Crippen molar-refractivity contribution in [3.05, 3.63) is 31.2 Å². The maximum absolute atomic E-state index is 10.9. The average molecular weight is 369 g/mol. The van der Waals surface area contributed by atoms with Crippen molar-refractivity contribution in [2.24, 2.45) is 0 Å². The van der Waals surface area contributed by atoms with E-state index in [4.69, 9.17) is 56.6 Å². The van der Waals surface area contributed by atoms with Crippen LogP contribution in [0.25, 0.3) is 0 Å². The Morgan fingerprint density at radius 2 is 0.941 bits per heavy atom. The Morgan fingerprint density at radius 3 is 1.12 bits per heavy atom. The molecule has 86 valence electrons. The van der Waals surface area contributed by atoms with Crippen LogP contribution in [-0.4, -0.2) is 22.2 Å². The fourth-order valence-corrected chi connectivity index (χ4v) is 2.05. The van der Waals surface area contributed by atoms with E-state index in [2.05, 4.69) is 0 Å². The summed E-state index contributed by atoms with van der Waals surface area (Å²) in [4.78, 5) is 21.7. The number of halogens is 4. The summed E-state index contributed by atoms with van der Waals surface area (Å²) in [6.07, 6.45) is 0. The molecule has 0 aliphatic heterocycles. The second-order valence-electron chi connectivity index (χ2n) is 2.62. The smallest absolute Gasteiger partial charge is 0.478 e.